The van der Waals surface area contributed by atoms with E-state index in [4.69, 9.17) is 9.57 Å². The highest BCUT2D eigenvalue weighted by Gasteiger charge is 2.21. The Morgan fingerprint density at radius 1 is 1.20 bits per heavy atom. The van der Waals surface area contributed by atoms with Crippen LogP contribution in [0.4, 0.5) is 0 Å². The van der Waals surface area contributed by atoms with Crippen molar-refractivity contribution in [1.29, 1.82) is 0 Å². The van der Waals surface area contributed by atoms with Gasteiger partial charge in [0.15, 0.2) is 0 Å². The molecular weight excluding hydrogens is 262 g/mol. The summed E-state index contributed by atoms with van der Waals surface area (Å²) in [5, 5.41) is 0. The zero-order valence-electron chi connectivity index (χ0n) is 12.1. The van der Waals surface area contributed by atoms with Gasteiger partial charge in [0.2, 0.25) is 6.10 Å². The van der Waals surface area contributed by atoms with E-state index in [0.29, 0.717) is 5.56 Å². The van der Waals surface area contributed by atoms with E-state index in [9.17, 15) is 9.59 Å². The Morgan fingerprint density at radius 2 is 1.90 bits per heavy atom. The van der Waals surface area contributed by atoms with Gasteiger partial charge in [-0.2, -0.15) is 0 Å². The lowest BCUT2D eigenvalue weighted by Gasteiger charge is -2.14. The predicted molar refractivity (Wildman–Crippen MR) is 72.1 cm³/mol. The molecule has 1 rings (SSSR count). The second kappa shape index (κ2) is 7.62. The van der Waals surface area contributed by atoms with Gasteiger partial charge in [-0.25, -0.2) is 10.3 Å². The lowest BCUT2D eigenvalue weighted by molar-refractivity contribution is -0.161. The molecule has 1 aromatic carbocycles. The van der Waals surface area contributed by atoms with E-state index in [2.05, 4.69) is 10.2 Å². The fourth-order valence-corrected chi connectivity index (χ4v) is 1.50. The average molecular weight is 281 g/mol. The Morgan fingerprint density at radius 3 is 2.45 bits per heavy atom. The summed E-state index contributed by atoms with van der Waals surface area (Å²) in [6.45, 7) is 3.86. The van der Waals surface area contributed by atoms with Gasteiger partial charge in [0, 0.05) is 12.7 Å². The van der Waals surface area contributed by atoms with E-state index in [-0.39, 0.29) is 6.61 Å². The fourth-order valence-electron chi connectivity index (χ4n) is 1.50. The average Bonchev–Trinajstić information content (AvgIpc) is 2.45. The van der Waals surface area contributed by atoms with Crippen molar-refractivity contribution in [3.8, 4) is 0 Å². The van der Waals surface area contributed by atoms with E-state index >= 15 is 0 Å². The van der Waals surface area contributed by atoms with Gasteiger partial charge in [0.1, 0.15) is 0 Å². The maximum atomic E-state index is 11.9. The molecule has 0 bridgehead atoms. The van der Waals surface area contributed by atoms with Crippen LogP contribution in [-0.2, 0) is 19.1 Å². The minimum absolute atomic E-state index is 0.0140. The van der Waals surface area contributed by atoms with Crippen LogP contribution in [0.2, 0.25) is 0 Å². The van der Waals surface area contributed by atoms with Gasteiger partial charge in [0.05, 0.1) is 13.7 Å². The van der Waals surface area contributed by atoms with E-state index in [0.717, 1.165) is 11.1 Å². The van der Waals surface area contributed by atoms with Crippen molar-refractivity contribution in [3.63, 3.8) is 0 Å². The third-order valence-corrected chi connectivity index (χ3v) is 2.85. The third-order valence-electron chi connectivity index (χ3n) is 2.85. The van der Waals surface area contributed by atoms with Crippen LogP contribution in [0.3, 0.4) is 0 Å². The Hall–Kier alpha value is -1.92. The summed E-state index contributed by atoms with van der Waals surface area (Å²) < 4.78 is 9.37. The topological polar surface area (TPSA) is 73.9 Å². The summed E-state index contributed by atoms with van der Waals surface area (Å²) in [4.78, 5) is 28.3. The molecule has 1 N–H and O–H groups in total. The van der Waals surface area contributed by atoms with E-state index in [1.165, 1.54) is 14.2 Å². The van der Waals surface area contributed by atoms with E-state index in [1.54, 1.807) is 12.1 Å². The number of amides is 1. The molecule has 0 fully saturated rings. The van der Waals surface area contributed by atoms with Crippen LogP contribution < -0.4 is 5.48 Å². The molecule has 0 spiro atoms. The Bertz CT molecular complexity index is 486. The monoisotopic (exact) mass is 281 g/mol. The van der Waals surface area contributed by atoms with Crippen LogP contribution in [0, 0.1) is 13.8 Å². The van der Waals surface area contributed by atoms with Crippen LogP contribution >= 0.6 is 0 Å². The molecule has 1 atom stereocenters. The molecule has 0 radical (unpaired) electrons. The minimum Gasteiger partial charge on any atom is -0.467 e. The second-order valence-corrected chi connectivity index (χ2v) is 4.32. The number of aryl methyl sites for hydroxylation is 2. The Labute approximate surface area is 118 Å². The number of benzene rings is 1. The molecule has 0 aliphatic heterocycles. The smallest absolute Gasteiger partial charge is 0.340 e. The summed E-state index contributed by atoms with van der Waals surface area (Å²) in [5.41, 5.74) is 4.77. The lowest BCUT2D eigenvalue weighted by atomic mass is 10.1. The van der Waals surface area contributed by atoms with Crippen molar-refractivity contribution in [2.45, 2.75) is 20.0 Å². The van der Waals surface area contributed by atoms with Crippen LogP contribution in [0.15, 0.2) is 18.2 Å². The molecule has 0 aliphatic rings. The highest BCUT2D eigenvalue weighted by atomic mass is 16.7. The van der Waals surface area contributed by atoms with Crippen LogP contribution in [-0.4, -0.2) is 38.8 Å². The molecule has 1 amide bonds. The van der Waals surface area contributed by atoms with E-state index < -0.39 is 18.0 Å². The molecule has 0 saturated carbocycles. The third kappa shape index (κ3) is 4.32. The van der Waals surface area contributed by atoms with Crippen molar-refractivity contribution in [2.24, 2.45) is 0 Å². The molecule has 0 aliphatic carbocycles. The molecule has 6 nitrogen and oxygen atoms in total. The standard InChI is InChI=1S/C14H19NO5/c1-9-5-6-11(7-10(9)2)13(16)15-20-12(8-18-3)14(17)19-4/h5-7,12H,8H2,1-4H3,(H,15,16). The molecule has 1 aromatic rings. The number of carbonyl (C=O) groups is 2. The number of carbonyl (C=O) groups excluding carboxylic acids is 2. The Balaban J connectivity index is 2.65. The van der Waals surface area contributed by atoms with Gasteiger partial charge in [0.25, 0.3) is 5.91 Å². The zero-order chi connectivity index (χ0) is 15.1. The van der Waals surface area contributed by atoms with Gasteiger partial charge < -0.3 is 9.47 Å². The molecule has 0 aromatic heterocycles. The largest absolute Gasteiger partial charge is 0.467 e. The van der Waals surface area contributed by atoms with Gasteiger partial charge in [-0.1, -0.05) is 6.07 Å². The highest BCUT2D eigenvalue weighted by Crippen LogP contribution is 2.09. The normalized spacial score (nSPS) is 11.8. The van der Waals surface area contributed by atoms with Crippen LogP contribution in [0.5, 0.6) is 0 Å². The molecule has 20 heavy (non-hydrogen) atoms. The quantitative estimate of drug-likeness (QED) is 0.625. The molecular formula is C14H19NO5. The number of hydrogen-bond acceptors (Lipinski definition) is 5. The van der Waals surface area contributed by atoms with Crippen molar-refractivity contribution in [2.75, 3.05) is 20.8 Å². The minimum atomic E-state index is -1.000. The zero-order valence-corrected chi connectivity index (χ0v) is 12.1. The van der Waals surface area contributed by atoms with E-state index in [1.807, 2.05) is 19.9 Å². The number of hydroxylamine groups is 1. The van der Waals surface area contributed by atoms with Gasteiger partial charge in [-0.05, 0) is 37.1 Å². The van der Waals surface area contributed by atoms with Crippen molar-refractivity contribution >= 4 is 11.9 Å². The first-order valence-electron chi connectivity index (χ1n) is 6.09. The van der Waals surface area contributed by atoms with Crippen LogP contribution in [0.25, 0.3) is 0 Å². The van der Waals surface area contributed by atoms with Gasteiger partial charge >= 0.3 is 5.97 Å². The van der Waals surface area contributed by atoms with Gasteiger partial charge in [-0.3, -0.25) is 9.63 Å². The number of rotatable bonds is 6. The molecule has 0 heterocycles. The SMILES string of the molecule is COCC(ONC(=O)c1ccc(C)c(C)c1)C(=O)OC. The lowest BCUT2D eigenvalue weighted by Crippen LogP contribution is -2.38. The highest BCUT2D eigenvalue weighted by molar-refractivity contribution is 5.93. The van der Waals surface area contributed by atoms with Gasteiger partial charge in [-0.15, -0.1) is 0 Å². The second-order valence-electron chi connectivity index (χ2n) is 4.32. The summed E-state index contributed by atoms with van der Waals surface area (Å²) in [6.07, 6.45) is -1.000. The number of nitrogens with one attached hydrogen (secondary N) is 1. The predicted octanol–water partition coefficient (Wildman–Crippen LogP) is 1.15. The maximum Gasteiger partial charge on any atom is 0.340 e. The first kappa shape index (κ1) is 16.1. The van der Waals surface area contributed by atoms with Crippen molar-refractivity contribution in [1.82, 2.24) is 5.48 Å². The first-order valence-corrected chi connectivity index (χ1v) is 6.09. The van der Waals surface area contributed by atoms with Crippen molar-refractivity contribution < 1.29 is 23.9 Å². The maximum absolute atomic E-state index is 11.9. The fraction of sp³-hybridized carbons (Fsp3) is 0.429. The summed E-state index contributed by atoms with van der Waals surface area (Å²) in [6, 6.07) is 5.28. The Kier molecular flexibility index (Phi) is 6.14. The first-order chi connectivity index (χ1) is 9.49. The summed E-state index contributed by atoms with van der Waals surface area (Å²) in [5.74, 6) is -1.05. The molecule has 110 valence electrons. The van der Waals surface area contributed by atoms with Crippen LogP contribution in [0.1, 0.15) is 21.5 Å². The number of methoxy groups -OCH3 is 2. The summed E-state index contributed by atoms with van der Waals surface area (Å²) >= 11 is 0. The molecule has 1 unspecified atom stereocenters. The number of esters is 1. The number of ether oxygens (including phenoxy) is 2. The number of hydrogen-bond donors (Lipinski definition) is 1. The summed E-state index contributed by atoms with van der Waals surface area (Å²) in [7, 11) is 2.66. The molecule has 0 saturated heterocycles. The van der Waals surface area contributed by atoms with Crippen molar-refractivity contribution in [3.05, 3.63) is 34.9 Å². The molecule has 6 heteroatoms.